The van der Waals surface area contributed by atoms with Crippen LogP contribution < -0.4 is 10.2 Å². The number of hydrazone groups is 1. The molecule has 1 amide bonds. The minimum Gasteiger partial charge on any atom is -0.507 e. The standard InChI is InChI=1S/C20H15F3N2O3/c1-12(13-6-8-16(9-7-13)28-20(21,22)23)24-25-19(27)17-10-14-4-2-3-5-15(14)11-18(17)26/h2-11,26H,1H3,(H,25,27). The lowest BCUT2D eigenvalue weighted by Gasteiger charge is -2.09. The van der Waals surface area contributed by atoms with Crippen molar-refractivity contribution in [3.63, 3.8) is 0 Å². The molecule has 0 fully saturated rings. The highest BCUT2D eigenvalue weighted by molar-refractivity contribution is 6.03. The summed E-state index contributed by atoms with van der Waals surface area (Å²) in [4.78, 5) is 12.3. The van der Waals surface area contributed by atoms with Crippen molar-refractivity contribution in [1.29, 1.82) is 0 Å². The highest BCUT2D eigenvalue weighted by Gasteiger charge is 2.30. The van der Waals surface area contributed by atoms with Gasteiger partial charge in [0.2, 0.25) is 0 Å². The SMILES string of the molecule is CC(=NNC(=O)c1cc2ccccc2cc1O)c1ccc(OC(F)(F)F)cc1. The first-order chi connectivity index (χ1) is 13.2. The Balaban J connectivity index is 1.74. The zero-order valence-corrected chi connectivity index (χ0v) is 14.6. The van der Waals surface area contributed by atoms with Gasteiger partial charge < -0.3 is 9.84 Å². The van der Waals surface area contributed by atoms with Crippen LogP contribution >= 0.6 is 0 Å². The molecule has 3 rings (SSSR count). The second-order valence-electron chi connectivity index (χ2n) is 5.93. The summed E-state index contributed by atoms with van der Waals surface area (Å²) in [5, 5.41) is 15.6. The second kappa shape index (κ2) is 7.59. The normalized spacial score (nSPS) is 12.1. The summed E-state index contributed by atoms with van der Waals surface area (Å²) in [6.45, 7) is 1.58. The minimum atomic E-state index is -4.76. The third-order valence-electron chi connectivity index (χ3n) is 3.94. The molecular formula is C20H15F3N2O3. The molecule has 0 aliphatic rings. The lowest BCUT2D eigenvalue weighted by atomic mass is 10.1. The third-order valence-corrected chi connectivity index (χ3v) is 3.94. The fraction of sp³-hybridized carbons (Fsp3) is 0.100. The largest absolute Gasteiger partial charge is 0.573 e. The van der Waals surface area contributed by atoms with Crippen molar-refractivity contribution in [3.05, 3.63) is 71.8 Å². The van der Waals surface area contributed by atoms with E-state index in [1.165, 1.54) is 18.2 Å². The number of carbonyl (C=O) groups excluding carboxylic acids is 1. The molecule has 0 saturated heterocycles. The maximum absolute atomic E-state index is 12.3. The molecule has 3 aromatic rings. The molecule has 0 radical (unpaired) electrons. The fourth-order valence-corrected chi connectivity index (χ4v) is 2.57. The van der Waals surface area contributed by atoms with Crippen molar-refractivity contribution in [2.45, 2.75) is 13.3 Å². The number of nitrogens with zero attached hydrogens (tertiary/aromatic N) is 1. The van der Waals surface area contributed by atoms with Crippen molar-refractivity contribution in [2.24, 2.45) is 5.10 Å². The number of carbonyl (C=O) groups is 1. The molecule has 8 heteroatoms. The van der Waals surface area contributed by atoms with Gasteiger partial charge in [-0.3, -0.25) is 4.79 Å². The molecule has 0 aliphatic heterocycles. The monoisotopic (exact) mass is 388 g/mol. The van der Waals surface area contributed by atoms with Gasteiger partial charge in [-0.05, 0) is 59.7 Å². The first-order valence-electron chi connectivity index (χ1n) is 8.15. The number of fused-ring (bicyclic) bond motifs is 1. The van der Waals surface area contributed by atoms with Gasteiger partial charge in [0.15, 0.2) is 0 Å². The van der Waals surface area contributed by atoms with E-state index in [-0.39, 0.29) is 17.1 Å². The fourth-order valence-electron chi connectivity index (χ4n) is 2.57. The quantitative estimate of drug-likeness (QED) is 0.507. The van der Waals surface area contributed by atoms with E-state index in [0.29, 0.717) is 11.3 Å². The number of halogens is 3. The Labute approximate surface area is 158 Å². The maximum Gasteiger partial charge on any atom is 0.573 e. The van der Waals surface area contributed by atoms with Crippen LogP contribution in [0.4, 0.5) is 13.2 Å². The molecule has 0 bridgehead atoms. The van der Waals surface area contributed by atoms with Gasteiger partial charge in [0.05, 0.1) is 11.3 Å². The van der Waals surface area contributed by atoms with Crippen LogP contribution in [-0.4, -0.2) is 23.1 Å². The molecule has 0 heterocycles. The molecule has 28 heavy (non-hydrogen) atoms. The van der Waals surface area contributed by atoms with Crippen molar-refractivity contribution < 1.29 is 27.8 Å². The number of rotatable bonds is 4. The highest BCUT2D eigenvalue weighted by Crippen LogP contribution is 2.25. The molecule has 0 spiro atoms. The number of hydrogen-bond donors (Lipinski definition) is 2. The average molecular weight is 388 g/mol. The van der Waals surface area contributed by atoms with Crippen LogP contribution in [0.1, 0.15) is 22.8 Å². The summed E-state index contributed by atoms with van der Waals surface area (Å²) >= 11 is 0. The molecular weight excluding hydrogens is 373 g/mol. The van der Waals surface area contributed by atoms with E-state index in [1.54, 1.807) is 13.0 Å². The lowest BCUT2D eigenvalue weighted by molar-refractivity contribution is -0.274. The molecule has 0 aliphatic carbocycles. The van der Waals surface area contributed by atoms with Crippen LogP contribution in [-0.2, 0) is 0 Å². The summed E-state index contributed by atoms with van der Waals surface area (Å²) < 4.78 is 40.4. The van der Waals surface area contributed by atoms with E-state index in [1.807, 2.05) is 24.3 Å². The van der Waals surface area contributed by atoms with Gasteiger partial charge >= 0.3 is 6.36 Å². The second-order valence-corrected chi connectivity index (χ2v) is 5.93. The number of nitrogens with one attached hydrogen (secondary N) is 1. The summed E-state index contributed by atoms with van der Waals surface area (Å²) in [7, 11) is 0. The number of benzene rings is 3. The Bertz CT molecular complexity index is 1040. The van der Waals surface area contributed by atoms with E-state index in [9.17, 15) is 23.1 Å². The summed E-state index contributed by atoms with van der Waals surface area (Å²) in [5.74, 6) is -1.15. The number of amides is 1. The summed E-state index contributed by atoms with van der Waals surface area (Å²) in [5.41, 5.74) is 3.26. The number of phenolic OH excluding ortho intramolecular Hbond substituents is 1. The third kappa shape index (κ3) is 4.59. The first-order valence-corrected chi connectivity index (χ1v) is 8.15. The Hall–Kier alpha value is -3.55. The molecule has 2 N–H and O–H groups in total. The van der Waals surface area contributed by atoms with Crippen LogP contribution in [0.3, 0.4) is 0 Å². The van der Waals surface area contributed by atoms with Gasteiger partial charge in [-0.1, -0.05) is 24.3 Å². The van der Waals surface area contributed by atoms with E-state index in [4.69, 9.17) is 0 Å². The smallest absolute Gasteiger partial charge is 0.507 e. The Morgan fingerprint density at radius 1 is 1.04 bits per heavy atom. The van der Waals surface area contributed by atoms with Gasteiger partial charge in [0, 0.05) is 0 Å². The molecule has 3 aromatic carbocycles. The summed E-state index contributed by atoms with van der Waals surface area (Å²) in [6.07, 6.45) is -4.76. The van der Waals surface area contributed by atoms with Crippen molar-refractivity contribution >= 4 is 22.4 Å². The predicted octanol–water partition coefficient (Wildman–Crippen LogP) is 4.60. The van der Waals surface area contributed by atoms with Gasteiger partial charge in [-0.25, -0.2) is 5.43 Å². The predicted molar refractivity (Wildman–Crippen MR) is 98.4 cm³/mol. The Morgan fingerprint density at radius 3 is 2.25 bits per heavy atom. The molecule has 144 valence electrons. The Morgan fingerprint density at radius 2 is 1.64 bits per heavy atom. The zero-order chi connectivity index (χ0) is 20.3. The average Bonchev–Trinajstić information content (AvgIpc) is 2.64. The van der Waals surface area contributed by atoms with Crippen LogP contribution in [0, 0.1) is 0 Å². The topological polar surface area (TPSA) is 70.9 Å². The molecule has 0 saturated carbocycles. The molecule has 0 aromatic heterocycles. The van der Waals surface area contributed by atoms with Crippen molar-refractivity contribution in [1.82, 2.24) is 5.43 Å². The van der Waals surface area contributed by atoms with E-state index in [2.05, 4.69) is 15.3 Å². The number of aromatic hydroxyl groups is 1. The summed E-state index contributed by atoms with van der Waals surface area (Å²) in [6, 6.07) is 15.4. The maximum atomic E-state index is 12.3. The van der Waals surface area contributed by atoms with Crippen LogP contribution in [0.2, 0.25) is 0 Å². The number of ether oxygens (including phenoxy) is 1. The van der Waals surface area contributed by atoms with E-state index in [0.717, 1.165) is 22.9 Å². The van der Waals surface area contributed by atoms with Gasteiger partial charge in [-0.2, -0.15) is 5.10 Å². The van der Waals surface area contributed by atoms with E-state index >= 15 is 0 Å². The van der Waals surface area contributed by atoms with Crippen LogP contribution in [0.15, 0.2) is 65.8 Å². The number of hydrogen-bond acceptors (Lipinski definition) is 4. The first kappa shape index (κ1) is 19.2. The minimum absolute atomic E-state index is 0.0594. The van der Waals surface area contributed by atoms with Gasteiger partial charge in [-0.15, -0.1) is 13.2 Å². The van der Waals surface area contributed by atoms with Crippen LogP contribution in [0.5, 0.6) is 11.5 Å². The van der Waals surface area contributed by atoms with E-state index < -0.39 is 12.3 Å². The van der Waals surface area contributed by atoms with Gasteiger partial charge in [0.25, 0.3) is 5.91 Å². The Kier molecular flexibility index (Phi) is 5.21. The zero-order valence-electron chi connectivity index (χ0n) is 14.6. The van der Waals surface area contributed by atoms with Gasteiger partial charge in [0.1, 0.15) is 11.5 Å². The molecule has 0 unspecified atom stereocenters. The lowest BCUT2D eigenvalue weighted by Crippen LogP contribution is -2.19. The van der Waals surface area contributed by atoms with Crippen molar-refractivity contribution in [3.8, 4) is 11.5 Å². The molecule has 5 nitrogen and oxygen atoms in total. The van der Waals surface area contributed by atoms with Crippen LogP contribution in [0.25, 0.3) is 10.8 Å². The highest BCUT2D eigenvalue weighted by atomic mass is 19.4. The number of phenols is 1. The molecule has 0 atom stereocenters. The van der Waals surface area contributed by atoms with Crippen molar-refractivity contribution in [2.75, 3.05) is 0 Å². The number of alkyl halides is 3.